The van der Waals surface area contributed by atoms with Gasteiger partial charge in [-0.05, 0) is 17.5 Å². The van der Waals surface area contributed by atoms with Gasteiger partial charge < -0.3 is 14.6 Å². The minimum atomic E-state index is -0.278. The Hall–Kier alpha value is 0.710. The van der Waals surface area contributed by atoms with E-state index in [1.807, 2.05) is 13.8 Å². The van der Waals surface area contributed by atoms with Crippen LogP contribution in [-0.2, 0) is 9.47 Å². The van der Waals surface area contributed by atoms with Crippen LogP contribution in [-0.4, -0.2) is 56.2 Å². The minimum Gasteiger partial charge on any atom is -0.396 e. The monoisotopic (exact) mass is 272 g/mol. The first-order chi connectivity index (χ1) is 7.92. The molecule has 0 aliphatic carbocycles. The second kappa shape index (κ2) is 7.34. The second-order valence-electron chi connectivity index (χ2n) is 4.59. The molecular weight excluding hydrogens is 254 g/mol. The molecule has 0 saturated carbocycles. The Balaban J connectivity index is 2.21. The van der Waals surface area contributed by atoms with Gasteiger partial charge in [-0.1, -0.05) is 35.4 Å². The van der Waals surface area contributed by atoms with Crippen molar-refractivity contribution in [1.29, 1.82) is 0 Å². The Morgan fingerprint density at radius 1 is 1.53 bits per heavy atom. The van der Waals surface area contributed by atoms with Crippen LogP contribution in [0.3, 0.4) is 0 Å². The molecule has 1 rings (SSSR count). The molecule has 1 fully saturated rings. The van der Waals surface area contributed by atoms with Crippen LogP contribution in [0.15, 0.2) is 0 Å². The lowest BCUT2D eigenvalue weighted by Crippen LogP contribution is -2.25. The van der Waals surface area contributed by atoms with Gasteiger partial charge in [-0.2, -0.15) is 0 Å². The number of hydrogen-bond acceptors (Lipinski definition) is 5. The van der Waals surface area contributed by atoms with Crippen molar-refractivity contribution >= 4 is 37.3 Å². The van der Waals surface area contributed by atoms with Gasteiger partial charge in [-0.15, -0.1) is 0 Å². The van der Waals surface area contributed by atoms with Gasteiger partial charge in [-0.3, -0.25) is 0 Å². The van der Waals surface area contributed by atoms with Crippen LogP contribution in [0.2, 0.25) is 0 Å². The zero-order valence-electron chi connectivity index (χ0n) is 10.3. The van der Waals surface area contributed by atoms with E-state index in [0.29, 0.717) is 18.8 Å². The summed E-state index contributed by atoms with van der Waals surface area (Å²) in [4.78, 5) is 0. The quantitative estimate of drug-likeness (QED) is 0.327. The number of aliphatic hydroxyl groups is 1. The molecule has 0 spiro atoms. The molecule has 1 heterocycles. The third-order valence-electron chi connectivity index (χ3n) is 2.25. The molecule has 1 aliphatic heterocycles. The number of hydrogen-bond donors (Lipinski definition) is 1. The van der Waals surface area contributed by atoms with Gasteiger partial charge in [0, 0.05) is 12.6 Å². The van der Waals surface area contributed by atoms with E-state index in [0.717, 1.165) is 0 Å². The Kier molecular flexibility index (Phi) is 6.80. The highest BCUT2D eigenvalue weighted by atomic mass is 33.1. The molecule has 3 atom stereocenters. The fourth-order valence-electron chi connectivity index (χ4n) is 1.60. The molecule has 0 aromatic rings. The van der Waals surface area contributed by atoms with Crippen LogP contribution >= 0.6 is 21.6 Å². The van der Waals surface area contributed by atoms with Gasteiger partial charge in [0.2, 0.25) is 0 Å². The van der Waals surface area contributed by atoms with Crippen molar-refractivity contribution in [2.45, 2.75) is 49.5 Å². The highest BCUT2D eigenvalue weighted by molar-refractivity contribution is 8.77. The van der Waals surface area contributed by atoms with Crippen LogP contribution in [0.4, 0.5) is 0 Å². The fourth-order valence-corrected chi connectivity index (χ4v) is 3.40. The maximum absolute atomic E-state index is 8.91. The molecule has 17 heavy (non-hydrogen) atoms. The van der Waals surface area contributed by atoms with Crippen molar-refractivity contribution in [3.63, 3.8) is 0 Å². The average Bonchev–Trinajstić information content (AvgIpc) is 2.53. The SMILES string of the molecule is [B][C@H]1C[C@@H](OCSSC([B])(C)C)C(CCO)O1. The van der Waals surface area contributed by atoms with Crippen LogP contribution < -0.4 is 0 Å². The van der Waals surface area contributed by atoms with E-state index in [-0.39, 0.29) is 29.5 Å². The van der Waals surface area contributed by atoms with E-state index in [1.54, 1.807) is 21.6 Å². The van der Waals surface area contributed by atoms with E-state index < -0.39 is 0 Å². The summed E-state index contributed by atoms with van der Waals surface area (Å²) in [5, 5.41) is 8.91. The molecule has 0 amide bonds. The number of ether oxygens (including phenoxy) is 2. The van der Waals surface area contributed by atoms with Gasteiger partial charge in [0.05, 0.1) is 20.1 Å². The summed E-state index contributed by atoms with van der Waals surface area (Å²) in [6, 6.07) is -0.278. The number of rotatable bonds is 7. The van der Waals surface area contributed by atoms with Crippen molar-refractivity contribution in [2.75, 3.05) is 12.5 Å². The van der Waals surface area contributed by atoms with Gasteiger partial charge in [0.25, 0.3) is 0 Å². The largest absolute Gasteiger partial charge is 0.396 e. The molecule has 0 bridgehead atoms. The summed E-state index contributed by atoms with van der Waals surface area (Å²) in [5.74, 6) is 0.550. The Bertz CT molecular complexity index is 226. The topological polar surface area (TPSA) is 38.7 Å². The first kappa shape index (κ1) is 15.8. The Morgan fingerprint density at radius 2 is 2.24 bits per heavy atom. The maximum atomic E-state index is 8.91. The zero-order chi connectivity index (χ0) is 12.9. The average molecular weight is 272 g/mol. The smallest absolute Gasteiger partial charge is 0.109 e. The molecule has 0 aromatic carbocycles. The van der Waals surface area contributed by atoms with Crippen molar-refractivity contribution in [2.24, 2.45) is 0 Å². The van der Waals surface area contributed by atoms with E-state index >= 15 is 0 Å². The van der Waals surface area contributed by atoms with Crippen molar-refractivity contribution in [3.8, 4) is 0 Å². The summed E-state index contributed by atoms with van der Waals surface area (Å²) in [6.45, 7) is 4.00. The van der Waals surface area contributed by atoms with Crippen molar-refractivity contribution in [3.05, 3.63) is 0 Å². The van der Waals surface area contributed by atoms with Gasteiger partial charge in [0.1, 0.15) is 13.8 Å². The summed E-state index contributed by atoms with van der Waals surface area (Å²) in [6.07, 6.45) is 1.14. The molecule has 3 nitrogen and oxygen atoms in total. The van der Waals surface area contributed by atoms with Gasteiger partial charge >= 0.3 is 0 Å². The van der Waals surface area contributed by atoms with Crippen LogP contribution in [0, 0.1) is 0 Å². The molecule has 4 radical (unpaired) electrons. The normalized spacial score (nSPS) is 29.7. The lowest BCUT2D eigenvalue weighted by Gasteiger charge is -2.20. The summed E-state index contributed by atoms with van der Waals surface area (Å²) < 4.78 is 10.9. The van der Waals surface area contributed by atoms with E-state index in [9.17, 15) is 0 Å². The lowest BCUT2D eigenvalue weighted by atomic mass is 9.91. The number of aliphatic hydroxyl groups excluding tert-OH is 1. The highest BCUT2D eigenvalue weighted by Gasteiger charge is 2.32. The standard InChI is InChI=1S/C10H18B2O3S2/c1-10(2,12)17-16-6-14-8-5-9(11)15-7(8)3-4-13/h7-9,13H,3-6H2,1-2H3/t7?,8-,9-/m1/s1. The molecule has 0 aromatic heterocycles. The van der Waals surface area contributed by atoms with E-state index in [1.165, 1.54) is 0 Å². The molecule has 1 saturated heterocycles. The van der Waals surface area contributed by atoms with E-state index in [4.69, 9.17) is 30.3 Å². The Morgan fingerprint density at radius 3 is 2.82 bits per heavy atom. The van der Waals surface area contributed by atoms with Crippen LogP contribution in [0.25, 0.3) is 0 Å². The molecule has 1 N–H and O–H groups in total. The van der Waals surface area contributed by atoms with Crippen molar-refractivity contribution < 1.29 is 14.6 Å². The summed E-state index contributed by atoms with van der Waals surface area (Å²) in [5.41, 5.74) is 0. The van der Waals surface area contributed by atoms with Gasteiger partial charge in [-0.25, -0.2) is 0 Å². The third-order valence-corrected chi connectivity index (χ3v) is 4.96. The summed E-state index contributed by atoms with van der Waals surface area (Å²) >= 11 is 0. The molecule has 1 aliphatic rings. The summed E-state index contributed by atoms with van der Waals surface area (Å²) in [7, 11) is 14.7. The predicted octanol–water partition coefficient (Wildman–Crippen LogP) is 1.28. The minimum absolute atomic E-state index is 0.0221. The first-order valence-electron chi connectivity index (χ1n) is 5.65. The molecule has 1 unspecified atom stereocenters. The maximum Gasteiger partial charge on any atom is 0.109 e. The zero-order valence-corrected chi connectivity index (χ0v) is 11.9. The second-order valence-corrected chi connectivity index (χ2v) is 7.49. The first-order valence-corrected chi connectivity index (χ1v) is 7.97. The molecule has 94 valence electrons. The third kappa shape index (κ3) is 6.43. The Labute approximate surface area is 114 Å². The molecular formula is C10H18B2O3S2. The van der Waals surface area contributed by atoms with Crippen molar-refractivity contribution in [1.82, 2.24) is 0 Å². The van der Waals surface area contributed by atoms with E-state index in [2.05, 4.69) is 0 Å². The van der Waals surface area contributed by atoms with Crippen LogP contribution in [0.5, 0.6) is 0 Å². The lowest BCUT2D eigenvalue weighted by molar-refractivity contribution is -0.00713. The fraction of sp³-hybridized carbons (Fsp3) is 1.00. The molecule has 7 heteroatoms. The van der Waals surface area contributed by atoms with Gasteiger partial charge in [0.15, 0.2) is 0 Å². The highest BCUT2D eigenvalue weighted by Crippen LogP contribution is 2.34. The predicted molar refractivity (Wildman–Crippen MR) is 75.5 cm³/mol. The van der Waals surface area contributed by atoms with Crippen LogP contribution in [0.1, 0.15) is 26.7 Å².